The summed E-state index contributed by atoms with van der Waals surface area (Å²) in [5.74, 6) is 0.431. The number of rotatable bonds is 5. The Kier molecular flexibility index (Phi) is 5.38. The molecule has 2 aromatic rings. The zero-order chi connectivity index (χ0) is 18.9. The van der Waals surface area contributed by atoms with Crippen LogP contribution in [0.4, 0.5) is 0 Å². The van der Waals surface area contributed by atoms with Crippen LogP contribution in [0.1, 0.15) is 18.9 Å². The van der Waals surface area contributed by atoms with Gasteiger partial charge in [0.25, 0.3) is 5.22 Å². The fourth-order valence-electron chi connectivity index (χ4n) is 2.82. The number of nitrogens with zero attached hydrogens (tertiary/aromatic N) is 3. The number of carbonyl (C=O) groups is 1. The quantitative estimate of drug-likeness (QED) is 0.716. The molecule has 7 nitrogen and oxygen atoms in total. The minimum Gasteiger partial charge on any atom is -0.411 e. The van der Waals surface area contributed by atoms with Gasteiger partial charge >= 0.3 is 0 Å². The Labute approximate surface area is 157 Å². The van der Waals surface area contributed by atoms with E-state index in [1.165, 1.54) is 16.7 Å². The minimum atomic E-state index is -3.03. The summed E-state index contributed by atoms with van der Waals surface area (Å²) in [4.78, 5) is 14.1. The van der Waals surface area contributed by atoms with Crippen LogP contribution >= 0.6 is 11.8 Å². The van der Waals surface area contributed by atoms with E-state index < -0.39 is 15.1 Å². The molecule has 0 saturated carbocycles. The molecule has 1 aromatic carbocycles. The van der Waals surface area contributed by atoms with E-state index in [0.717, 1.165) is 11.1 Å². The number of thioether (sulfide) groups is 1. The number of amides is 1. The van der Waals surface area contributed by atoms with Crippen molar-refractivity contribution in [3.05, 3.63) is 29.8 Å². The molecule has 1 aliphatic rings. The molecule has 2 heterocycles. The smallest absolute Gasteiger partial charge is 0.277 e. The summed E-state index contributed by atoms with van der Waals surface area (Å²) in [6.07, 6.45) is 0.486. The molecule has 0 radical (unpaired) electrons. The standard InChI is InChI=1S/C17H21N3O4S2/c1-11-4-6-13(7-5-11)15-18-19-17(24-15)25-12(2)16(21)20(3)14-8-9-26(22,23)10-14/h4-7,12,14H,8-10H2,1-3H3/t12-,14-/m0/s1. The molecule has 3 rings (SSSR count). The highest BCUT2D eigenvalue weighted by Gasteiger charge is 2.34. The van der Waals surface area contributed by atoms with Gasteiger partial charge in [0, 0.05) is 18.7 Å². The molecule has 0 N–H and O–H groups in total. The lowest BCUT2D eigenvalue weighted by Crippen LogP contribution is -2.41. The second-order valence-electron chi connectivity index (χ2n) is 6.51. The summed E-state index contributed by atoms with van der Waals surface area (Å²) in [5.41, 5.74) is 1.96. The normalized spacial score (nSPS) is 20.0. The van der Waals surface area contributed by atoms with Crippen LogP contribution in [0, 0.1) is 6.92 Å². The molecule has 2 atom stereocenters. The molecular formula is C17H21N3O4S2. The lowest BCUT2D eigenvalue weighted by Gasteiger charge is -2.25. The van der Waals surface area contributed by atoms with Gasteiger partial charge in [0.1, 0.15) is 0 Å². The van der Waals surface area contributed by atoms with Gasteiger partial charge in [-0.15, -0.1) is 10.2 Å². The van der Waals surface area contributed by atoms with Crippen molar-refractivity contribution in [2.24, 2.45) is 0 Å². The molecule has 0 bridgehead atoms. The van der Waals surface area contributed by atoms with Crippen LogP contribution in [-0.4, -0.2) is 59.3 Å². The van der Waals surface area contributed by atoms with Crippen molar-refractivity contribution in [1.82, 2.24) is 15.1 Å². The van der Waals surface area contributed by atoms with Crippen molar-refractivity contribution in [2.75, 3.05) is 18.6 Å². The van der Waals surface area contributed by atoms with Gasteiger partial charge < -0.3 is 9.32 Å². The number of sulfone groups is 1. The number of hydrogen-bond acceptors (Lipinski definition) is 7. The molecular weight excluding hydrogens is 374 g/mol. The van der Waals surface area contributed by atoms with E-state index in [2.05, 4.69) is 10.2 Å². The number of aromatic nitrogens is 2. The fourth-order valence-corrected chi connectivity index (χ4v) is 5.38. The lowest BCUT2D eigenvalue weighted by atomic mass is 10.1. The maximum atomic E-state index is 12.6. The molecule has 9 heteroatoms. The first-order chi connectivity index (χ1) is 12.2. The fraction of sp³-hybridized carbons (Fsp3) is 0.471. The summed E-state index contributed by atoms with van der Waals surface area (Å²) >= 11 is 1.18. The van der Waals surface area contributed by atoms with E-state index in [1.54, 1.807) is 14.0 Å². The molecule has 0 unspecified atom stereocenters. The Morgan fingerprint density at radius 2 is 2.00 bits per heavy atom. The molecule has 1 amide bonds. The van der Waals surface area contributed by atoms with Crippen LogP contribution < -0.4 is 0 Å². The Balaban J connectivity index is 1.63. The minimum absolute atomic E-state index is 0.0325. The molecule has 1 fully saturated rings. The Morgan fingerprint density at radius 3 is 2.62 bits per heavy atom. The lowest BCUT2D eigenvalue weighted by molar-refractivity contribution is -0.130. The highest BCUT2D eigenvalue weighted by molar-refractivity contribution is 8.00. The van der Waals surface area contributed by atoms with Gasteiger partial charge in [-0.05, 0) is 32.4 Å². The van der Waals surface area contributed by atoms with Gasteiger partial charge in [-0.3, -0.25) is 4.79 Å². The van der Waals surface area contributed by atoms with Crippen LogP contribution in [-0.2, 0) is 14.6 Å². The third-order valence-electron chi connectivity index (χ3n) is 4.43. The first kappa shape index (κ1) is 18.9. The SMILES string of the molecule is Cc1ccc(-c2nnc(S[C@@H](C)C(=O)N(C)[C@H]3CCS(=O)(=O)C3)o2)cc1. The Bertz CT molecular complexity index is 893. The predicted octanol–water partition coefficient (Wildman–Crippen LogP) is 2.17. The summed E-state index contributed by atoms with van der Waals surface area (Å²) in [6.45, 7) is 3.75. The summed E-state index contributed by atoms with van der Waals surface area (Å²) < 4.78 is 28.9. The van der Waals surface area contributed by atoms with Crippen molar-refractivity contribution in [3.8, 4) is 11.5 Å². The van der Waals surface area contributed by atoms with Crippen LogP contribution in [0.25, 0.3) is 11.5 Å². The summed E-state index contributed by atoms with van der Waals surface area (Å²) in [7, 11) is -1.38. The van der Waals surface area contributed by atoms with E-state index in [9.17, 15) is 13.2 Å². The van der Waals surface area contributed by atoms with E-state index in [-0.39, 0.29) is 23.5 Å². The van der Waals surface area contributed by atoms with Crippen molar-refractivity contribution in [1.29, 1.82) is 0 Å². The molecule has 26 heavy (non-hydrogen) atoms. The average molecular weight is 396 g/mol. The van der Waals surface area contributed by atoms with Crippen molar-refractivity contribution >= 4 is 27.5 Å². The van der Waals surface area contributed by atoms with E-state index in [1.807, 2.05) is 31.2 Å². The Morgan fingerprint density at radius 1 is 1.31 bits per heavy atom. The second-order valence-corrected chi connectivity index (χ2v) is 10.0. The first-order valence-corrected chi connectivity index (χ1v) is 11.0. The zero-order valence-electron chi connectivity index (χ0n) is 14.9. The van der Waals surface area contributed by atoms with Gasteiger partial charge in [-0.1, -0.05) is 29.5 Å². The average Bonchev–Trinajstić information content (AvgIpc) is 3.20. The van der Waals surface area contributed by atoms with Gasteiger partial charge in [0.2, 0.25) is 11.8 Å². The van der Waals surface area contributed by atoms with Gasteiger partial charge in [-0.25, -0.2) is 8.42 Å². The summed E-state index contributed by atoms with van der Waals surface area (Å²) in [5, 5.41) is 7.89. The van der Waals surface area contributed by atoms with Crippen LogP contribution in [0.3, 0.4) is 0 Å². The van der Waals surface area contributed by atoms with Crippen molar-refractivity contribution in [2.45, 2.75) is 36.8 Å². The summed E-state index contributed by atoms with van der Waals surface area (Å²) in [6, 6.07) is 7.47. The molecule has 140 valence electrons. The maximum Gasteiger partial charge on any atom is 0.277 e. The van der Waals surface area contributed by atoms with Gasteiger partial charge in [0.05, 0.1) is 16.8 Å². The second kappa shape index (κ2) is 7.40. The number of carbonyl (C=O) groups excluding carboxylic acids is 1. The monoisotopic (exact) mass is 395 g/mol. The zero-order valence-corrected chi connectivity index (χ0v) is 16.5. The third-order valence-corrected chi connectivity index (χ3v) is 7.11. The largest absolute Gasteiger partial charge is 0.411 e. The number of benzene rings is 1. The van der Waals surface area contributed by atoms with Gasteiger partial charge in [-0.2, -0.15) is 0 Å². The highest BCUT2D eigenvalue weighted by atomic mass is 32.2. The van der Waals surface area contributed by atoms with Gasteiger partial charge in [0.15, 0.2) is 9.84 Å². The van der Waals surface area contributed by atoms with E-state index in [0.29, 0.717) is 17.5 Å². The van der Waals surface area contributed by atoms with E-state index in [4.69, 9.17) is 4.42 Å². The molecule has 1 saturated heterocycles. The number of hydrogen-bond donors (Lipinski definition) is 0. The van der Waals surface area contributed by atoms with Crippen molar-refractivity contribution < 1.29 is 17.6 Å². The first-order valence-electron chi connectivity index (χ1n) is 8.29. The third kappa shape index (κ3) is 4.27. The molecule has 1 aromatic heterocycles. The number of aryl methyl sites for hydroxylation is 1. The molecule has 0 spiro atoms. The van der Waals surface area contributed by atoms with Crippen molar-refractivity contribution in [3.63, 3.8) is 0 Å². The van der Waals surface area contributed by atoms with Crippen LogP contribution in [0.5, 0.6) is 0 Å². The molecule has 1 aliphatic heterocycles. The predicted molar refractivity (Wildman–Crippen MR) is 99.6 cm³/mol. The van der Waals surface area contributed by atoms with Crippen LogP contribution in [0.15, 0.2) is 33.9 Å². The van der Waals surface area contributed by atoms with Crippen LogP contribution in [0.2, 0.25) is 0 Å². The maximum absolute atomic E-state index is 12.6. The Hall–Kier alpha value is -1.87. The van der Waals surface area contributed by atoms with E-state index >= 15 is 0 Å². The molecule has 0 aliphatic carbocycles. The highest BCUT2D eigenvalue weighted by Crippen LogP contribution is 2.28. The topological polar surface area (TPSA) is 93.4 Å².